The predicted molar refractivity (Wildman–Crippen MR) is 64.0 cm³/mol. The zero-order valence-corrected chi connectivity index (χ0v) is 10.2. The summed E-state index contributed by atoms with van der Waals surface area (Å²) >= 11 is 0. The van der Waals surface area contributed by atoms with Crippen molar-refractivity contribution in [2.45, 2.75) is 31.6 Å². The molecule has 5 heteroatoms. The minimum absolute atomic E-state index is 0.159. The van der Waals surface area contributed by atoms with E-state index in [0.29, 0.717) is 13.0 Å². The average Bonchev–Trinajstić information content (AvgIpc) is 2.63. The standard InChI is InChI=1S/C13H17F3N2/c1-2-18(8-13(14,15)16)12-7-11(17)9-5-3-4-6-10(9)12/h3-6,11-12H,2,7-8,17H2,1H3. The first-order valence-electron chi connectivity index (χ1n) is 6.07. The Bertz CT molecular complexity index is 417. The summed E-state index contributed by atoms with van der Waals surface area (Å²) in [6.45, 7) is 1.23. The van der Waals surface area contributed by atoms with Gasteiger partial charge in [-0.15, -0.1) is 0 Å². The topological polar surface area (TPSA) is 29.3 Å². The minimum Gasteiger partial charge on any atom is -0.324 e. The van der Waals surface area contributed by atoms with E-state index >= 15 is 0 Å². The van der Waals surface area contributed by atoms with Crippen LogP contribution in [-0.2, 0) is 0 Å². The van der Waals surface area contributed by atoms with Crippen LogP contribution in [-0.4, -0.2) is 24.2 Å². The molecule has 100 valence electrons. The van der Waals surface area contributed by atoms with Crippen LogP contribution >= 0.6 is 0 Å². The number of fused-ring (bicyclic) bond motifs is 1. The summed E-state index contributed by atoms with van der Waals surface area (Å²) in [5.74, 6) is 0. The van der Waals surface area contributed by atoms with Crippen molar-refractivity contribution >= 4 is 0 Å². The largest absolute Gasteiger partial charge is 0.401 e. The van der Waals surface area contributed by atoms with E-state index in [2.05, 4.69) is 0 Å². The predicted octanol–water partition coefficient (Wildman–Crippen LogP) is 3.02. The van der Waals surface area contributed by atoms with Crippen LogP contribution < -0.4 is 5.73 Å². The number of benzene rings is 1. The van der Waals surface area contributed by atoms with Crippen LogP contribution in [0.15, 0.2) is 24.3 Å². The molecule has 2 atom stereocenters. The number of hydrogen-bond donors (Lipinski definition) is 1. The highest BCUT2D eigenvalue weighted by Crippen LogP contribution is 2.41. The van der Waals surface area contributed by atoms with Crippen molar-refractivity contribution in [3.63, 3.8) is 0 Å². The van der Waals surface area contributed by atoms with Crippen molar-refractivity contribution in [2.24, 2.45) is 5.73 Å². The van der Waals surface area contributed by atoms with Gasteiger partial charge >= 0.3 is 6.18 Å². The van der Waals surface area contributed by atoms with Crippen LogP contribution in [0.1, 0.15) is 36.6 Å². The monoisotopic (exact) mass is 258 g/mol. The maximum atomic E-state index is 12.5. The Kier molecular flexibility index (Phi) is 3.64. The van der Waals surface area contributed by atoms with Gasteiger partial charge in [-0.3, -0.25) is 4.90 Å². The molecule has 2 N–H and O–H groups in total. The lowest BCUT2D eigenvalue weighted by molar-refractivity contribution is -0.150. The molecule has 0 bridgehead atoms. The summed E-state index contributed by atoms with van der Waals surface area (Å²) in [6.07, 6.45) is -3.61. The first-order valence-corrected chi connectivity index (χ1v) is 6.07. The lowest BCUT2D eigenvalue weighted by atomic mass is 10.1. The first-order chi connectivity index (χ1) is 8.42. The lowest BCUT2D eigenvalue weighted by Gasteiger charge is -2.29. The normalized spacial score (nSPS) is 23.4. The molecule has 2 unspecified atom stereocenters. The highest BCUT2D eigenvalue weighted by atomic mass is 19.4. The van der Waals surface area contributed by atoms with E-state index in [1.165, 1.54) is 4.90 Å². The number of hydrogen-bond acceptors (Lipinski definition) is 2. The average molecular weight is 258 g/mol. The second-order valence-electron chi connectivity index (χ2n) is 4.67. The van der Waals surface area contributed by atoms with Crippen molar-refractivity contribution in [2.75, 3.05) is 13.1 Å². The Hall–Kier alpha value is -1.07. The Balaban J connectivity index is 2.24. The quantitative estimate of drug-likeness (QED) is 0.903. The third-order valence-corrected chi connectivity index (χ3v) is 3.46. The van der Waals surface area contributed by atoms with Gasteiger partial charge in [-0.05, 0) is 24.1 Å². The molecule has 0 heterocycles. The van der Waals surface area contributed by atoms with E-state index in [1.807, 2.05) is 24.3 Å². The third kappa shape index (κ3) is 2.67. The highest BCUT2D eigenvalue weighted by Gasteiger charge is 2.37. The Morgan fingerprint density at radius 2 is 1.89 bits per heavy atom. The van der Waals surface area contributed by atoms with Crippen molar-refractivity contribution in [3.8, 4) is 0 Å². The SMILES string of the molecule is CCN(CC(F)(F)F)C1CC(N)c2ccccc21. The zero-order chi connectivity index (χ0) is 13.3. The van der Waals surface area contributed by atoms with Gasteiger partial charge in [-0.25, -0.2) is 0 Å². The van der Waals surface area contributed by atoms with Crippen molar-refractivity contribution in [1.29, 1.82) is 0 Å². The van der Waals surface area contributed by atoms with Gasteiger partial charge in [0.1, 0.15) is 0 Å². The fourth-order valence-electron chi connectivity index (χ4n) is 2.66. The van der Waals surface area contributed by atoms with Gasteiger partial charge in [0.2, 0.25) is 0 Å². The van der Waals surface area contributed by atoms with E-state index in [4.69, 9.17) is 5.73 Å². The fourth-order valence-corrected chi connectivity index (χ4v) is 2.66. The van der Waals surface area contributed by atoms with E-state index in [0.717, 1.165) is 11.1 Å². The van der Waals surface area contributed by atoms with Crippen LogP contribution in [0.2, 0.25) is 0 Å². The van der Waals surface area contributed by atoms with Crippen LogP contribution in [0, 0.1) is 0 Å². The number of rotatable bonds is 3. The molecule has 2 rings (SSSR count). The van der Waals surface area contributed by atoms with Crippen LogP contribution in [0.5, 0.6) is 0 Å². The van der Waals surface area contributed by atoms with Gasteiger partial charge in [0.25, 0.3) is 0 Å². The second-order valence-corrected chi connectivity index (χ2v) is 4.67. The second kappa shape index (κ2) is 4.90. The van der Waals surface area contributed by atoms with Crippen molar-refractivity contribution in [3.05, 3.63) is 35.4 Å². The molecule has 0 radical (unpaired) electrons. The van der Waals surface area contributed by atoms with E-state index < -0.39 is 12.7 Å². The molecule has 1 aromatic rings. The van der Waals surface area contributed by atoms with Crippen LogP contribution in [0.25, 0.3) is 0 Å². The third-order valence-electron chi connectivity index (χ3n) is 3.46. The molecule has 1 aromatic carbocycles. The zero-order valence-electron chi connectivity index (χ0n) is 10.2. The molecule has 1 aliphatic carbocycles. The molecule has 0 aromatic heterocycles. The van der Waals surface area contributed by atoms with Crippen molar-refractivity contribution in [1.82, 2.24) is 4.90 Å². The molecule has 0 spiro atoms. The minimum atomic E-state index is -4.17. The van der Waals surface area contributed by atoms with Crippen LogP contribution in [0.4, 0.5) is 13.2 Å². The van der Waals surface area contributed by atoms with Gasteiger partial charge in [-0.2, -0.15) is 13.2 Å². The summed E-state index contributed by atoms with van der Waals surface area (Å²) in [5, 5.41) is 0. The summed E-state index contributed by atoms with van der Waals surface area (Å²) in [4.78, 5) is 1.45. The molecule has 0 saturated carbocycles. The number of alkyl halides is 3. The van der Waals surface area contributed by atoms with Crippen LogP contribution in [0.3, 0.4) is 0 Å². The molecule has 1 aliphatic rings. The van der Waals surface area contributed by atoms with E-state index in [-0.39, 0.29) is 12.1 Å². The summed E-state index contributed by atoms with van der Waals surface area (Å²) in [6, 6.07) is 7.14. The number of nitrogens with zero attached hydrogens (tertiary/aromatic N) is 1. The molecule has 0 fully saturated rings. The van der Waals surface area contributed by atoms with Gasteiger partial charge < -0.3 is 5.73 Å². The first kappa shape index (κ1) is 13.4. The molecular weight excluding hydrogens is 241 g/mol. The number of halogens is 3. The highest BCUT2D eigenvalue weighted by molar-refractivity contribution is 5.37. The molecule has 18 heavy (non-hydrogen) atoms. The maximum Gasteiger partial charge on any atom is 0.401 e. The van der Waals surface area contributed by atoms with E-state index in [9.17, 15) is 13.2 Å². The smallest absolute Gasteiger partial charge is 0.324 e. The molecule has 0 aliphatic heterocycles. The Labute approximate surface area is 105 Å². The summed E-state index contributed by atoms with van der Waals surface area (Å²) < 4.78 is 37.6. The maximum absolute atomic E-state index is 12.5. The fraction of sp³-hybridized carbons (Fsp3) is 0.538. The molecule has 0 saturated heterocycles. The molecular formula is C13H17F3N2. The summed E-state index contributed by atoms with van der Waals surface area (Å²) in [7, 11) is 0. The van der Waals surface area contributed by atoms with Gasteiger partial charge in [0, 0.05) is 12.1 Å². The molecule has 0 amide bonds. The molecule has 2 nitrogen and oxygen atoms in total. The van der Waals surface area contributed by atoms with Crippen molar-refractivity contribution < 1.29 is 13.2 Å². The Morgan fingerprint density at radius 3 is 2.44 bits per heavy atom. The lowest BCUT2D eigenvalue weighted by Crippen LogP contribution is -2.36. The van der Waals surface area contributed by atoms with E-state index in [1.54, 1.807) is 6.92 Å². The van der Waals surface area contributed by atoms with Gasteiger partial charge in [0.05, 0.1) is 6.54 Å². The van der Waals surface area contributed by atoms with Gasteiger partial charge in [0.15, 0.2) is 0 Å². The Morgan fingerprint density at radius 1 is 1.28 bits per heavy atom. The van der Waals surface area contributed by atoms with Gasteiger partial charge in [-0.1, -0.05) is 31.2 Å². The summed E-state index contributed by atoms with van der Waals surface area (Å²) in [5.41, 5.74) is 7.90. The number of nitrogens with two attached hydrogens (primary N) is 1.